The maximum Gasteiger partial charge on any atom is 0.144 e. The lowest BCUT2D eigenvalue weighted by atomic mass is 10.4. The molecular weight excluding hydrogens is 182 g/mol. The van der Waals surface area contributed by atoms with Gasteiger partial charge < -0.3 is 5.32 Å². The van der Waals surface area contributed by atoms with Crippen LogP contribution in [-0.2, 0) is 0 Å². The van der Waals surface area contributed by atoms with E-state index >= 15 is 0 Å². The fraction of sp³-hybridized carbons (Fsp3) is 0.556. The van der Waals surface area contributed by atoms with E-state index in [-0.39, 0.29) is 0 Å². The molecule has 0 aliphatic rings. The molecule has 0 fully saturated rings. The molecule has 1 unspecified atom stereocenters. The van der Waals surface area contributed by atoms with E-state index in [1.807, 2.05) is 11.8 Å². The molecule has 0 amide bonds. The fourth-order valence-electron chi connectivity index (χ4n) is 0.962. The maximum absolute atomic E-state index is 4.14. The number of hydrogen-bond donors (Lipinski definition) is 1. The van der Waals surface area contributed by atoms with Gasteiger partial charge in [-0.05, 0) is 12.7 Å². The molecule has 1 N–H and O–H groups in total. The van der Waals surface area contributed by atoms with Gasteiger partial charge in [0.05, 0.1) is 6.20 Å². The molecule has 1 atom stereocenters. The van der Waals surface area contributed by atoms with Crippen LogP contribution in [0, 0.1) is 0 Å². The zero-order chi connectivity index (χ0) is 9.52. The first kappa shape index (κ1) is 10.3. The largest absolute Gasteiger partial charge is 0.366 e. The fourth-order valence-corrected chi connectivity index (χ4v) is 1.63. The van der Waals surface area contributed by atoms with Gasteiger partial charge in [-0.25, -0.2) is 4.98 Å². The predicted molar refractivity (Wildman–Crippen MR) is 58.1 cm³/mol. The van der Waals surface area contributed by atoms with Crippen molar-refractivity contribution in [2.45, 2.75) is 19.9 Å². The third-order valence-corrected chi connectivity index (χ3v) is 2.67. The third kappa shape index (κ3) is 4.12. The summed E-state index contributed by atoms with van der Waals surface area (Å²) in [6.45, 7) is 4.32. The Hall–Kier alpha value is -0.770. The summed E-state index contributed by atoms with van der Waals surface area (Å²) < 4.78 is 0. The molecule has 0 spiro atoms. The summed E-state index contributed by atoms with van der Waals surface area (Å²) in [6.07, 6.45) is 5.12. The summed E-state index contributed by atoms with van der Waals surface area (Å²) in [5.74, 6) is 3.12. The standard InChI is InChI=1S/C9H15N3S/c1-3-13-7-8(2)12-9-6-10-4-5-11-9/h4-6,8H,3,7H2,1-2H3,(H,11,12). The summed E-state index contributed by atoms with van der Waals surface area (Å²) in [6, 6.07) is 0.446. The average Bonchev–Trinajstić information content (AvgIpc) is 2.16. The zero-order valence-corrected chi connectivity index (χ0v) is 8.84. The average molecular weight is 197 g/mol. The van der Waals surface area contributed by atoms with Crippen molar-refractivity contribution in [3.8, 4) is 0 Å². The summed E-state index contributed by atoms with van der Waals surface area (Å²) in [5.41, 5.74) is 0. The highest BCUT2D eigenvalue weighted by Crippen LogP contribution is 2.06. The molecule has 1 heterocycles. The van der Waals surface area contributed by atoms with Crippen LogP contribution < -0.4 is 5.32 Å². The highest BCUT2D eigenvalue weighted by molar-refractivity contribution is 7.99. The van der Waals surface area contributed by atoms with Gasteiger partial charge in [0.25, 0.3) is 0 Å². The van der Waals surface area contributed by atoms with Crippen LogP contribution in [0.3, 0.4) is 0 Å². The second-order valence-corrected chi connectivity index (χ2v) is 4.11. The molecule has 13 heavy (non-hydrogen) atoms. The molecule has 1 rings (SSSR count). The third-order valence-electron chi connectivity index (χ3n) is 1.53. The topological polar surface area (TPSA) is 37.8 Å². The molecule has 0 saturated carbocycles. The minimum Gasteiger partial charge on any atom is -0.366 e. The quantitative estimate of drug-likeness (QED) is 0.783. The molecule has 72 valence electrons. The van der Waals surface area contributed by atoms with Crippen LogP contribution in [-0.4, -0.2) is 27.5 Å². The molecule has 0 aliphatic carbocycles. The number of rotatable bonds is 5. The molecule has 0 aromatic carbocycles. The first-order valence-corrected chi connectivity index (χ1v) is 5.58. The smallest absolute Gasteiger partial charge is 0.144 e. The van der Waals surface area contributed by atoms with E-state index in [0.717, 1.165) is 17.3 Å². The number of aromatic nitrogens is 2. The first-order chi connectivity index (χ1) is 6.33. The molecule has 0 saturated heterocycles. The van der Waals surface area contributed by atoms with Crippen molar-refractivity contribution in [1.29, 1.82) is 0 Å². The van der Waals surface area contributed by atoms with Crippen LogP contribution in [0.25, 0.3) is 0 Å². The maximum atomic E-state index is 4.14. The summed E-state index contributed by atoms with van der Waals surface area (Å²) in [5, 5.41) is 3.28. The Balaban J connectivity index is 2.32. The van der Waals surface area contributed by atoms with E-state index in [9.17, 15) is 0 Å². The second kappa shape index (κ2) is 5.80. The molecule has 4 heteroatoms. The Morgan fingerprint density at radius 2 is 2.38 bits per heavy atom. The van der Waals surface area contributed by atoms with Crippen LogP contribution >= 0.6 is 11.8 Å². The molecule has 1 aromatic heterocycles. The van der Waals surface area contributed by atoms with Crippen LogP contribution in [0.15, 0.2) is 18.6 Å². The highest BCUT2D eigenvalue weighted by atomic mass is 32.2. The van der Waals surface area contributed by atoms with E-state index in [4.69, 9.17) is 0 Å². The molecule has 0 aliphatic heterocycles. The van der Waals surface area contributed by atoms with Gasteiger partial charge in [0.15, 0.2) is 0 Å². The summed E-state index contributed by atoms with van der Waals surface area (Å²) in [4.78, 5) is 8.13. The Bertz CT molecular complexity index is 228. The van der Waals surface area contributed by atoms with Gasteiger partial charge in [0.2, 0.25) is 0 Å². The van der Waals surface area contributed by atoms with Gasteiger partial charge in [-0.2, -0.15) is 11.8 Å². The minimum absolute atomic E-state index is 0.446. The zero-order valence-electron chi connectivity index (χ0n) is 8.03. The molecule has 0 bridgehead atoms. The molecule has 0 radical (unpaired) electrons. The minimum atomic E-state index is 0.446. The number of nitrogens with zero attached hydrogens (tertiary/aromatic N) is 2. The van der Waals surface area contributed by atoms with Crippen LogP contribution in [0.2, 0.25) is 0 Å². The van der Waals surface area contributed by atoms with Crippen LogP contribution in [0.4, 0.5) is 5.82 Å². The van der Waals surface area contributed by atoms with E-state index in [0.29, 0.717) is 6.04 Å². The van der Waals surface area contributed by atoms with Crippen molar-refractivity contribution in [2.75, 3.05) is 16.8 Å². The lowest BCUT2D eigenvalue weighted by Crippen LogP contribution is -2.18. The van der Waals surface area contributed by atoms with E-state index in [2.05, 4.69) is 29.1 Å². The monoisotopic (exact) mass is 197 g/mol. The van der Waals surface area contributed by atoms with Crippen LogP contribution in [0.1, 0.15) is 13.8 Å². The van der Waals surface area contributed by atoms with E-state index in [1.54, 1.807) is 18.6 Å². The van der Waals surface area contributed by atoms with Crippen molar-refractivity contribution in [3.05, 3.63) is 18.6 Å². The van der Waals surface area contributed by atoms with Gasteiger partial charge in [-0.15, -0.1) is 0 Å². The Morgan fingerprint density at radius 3 is 3.00 bits per heavy atom. The summed E-state index contributed by atoms with van der Waals surface area (Å²) in [7, 11) is 0. The Labute approximate surface area is 83.4 Å². The Kier molecular flexibility index (Phi) is 4.60. The molecule has 3 nitrogen and oxygen atoms in total. The van der Waals surface area contributed by atoms with Gasteiger partial charge in [-0.3, -0.25) is 4.98 Å². The van der Waals surface area contributed by atoms with Crippen LogP contribution in [0.5, 0.6) is 0 Å². The van der Waals surface area contributed by atoms with Gasteiger partial charge >= 0.3 is 0 Å². The van der Waals surface area contributed by atoms with E-state index < -0.39 is 0 Å². The number of anilines is 1. The second-order valence-electron chi connectivity index (χ2n) is 2.80. The van der Waals surface area contributed by atoms with Gasteiger partial charge in [0.1, 0.15) is 5.82 Å². The number of hydrogen-bond acceptors (Lipinski definition) is 4. The SMILES string of the molecule is CCSCC(C)Nc1cnccn1. The molecule has 1 aromatic rings. The van der Waals surface area contributed by atoms with Crippen molar-refractivity contribution >= 4 is 17.6 Å². The van der Waals surface area contributed by atoms with Gasteiger partial charge in [0, 0.05) is 24.2 Å². The number of nitrogens with one attached hydrogen (secondary N) is 1. The van der Waals surface area contributed by atoms with Crippen molar-refractivity contribution in [2.24, 2.45) is 0 Å². The summed E-state index contributed by atoms with van der Waals surface area (Å²) >= 11 is 1.92. The van der Waals surface area contributed by atoms with Gasteiger partial charge in [-0.1, -0.05) is 6.92 Å². The van der Waals surface area contributed by atoms with Crippen molar-refractivity contribution < 1.29 is 0 Å². The van der Waals surface area contributed by atoms with Crippen molar-refractivity contribution in [3.63, 3.8) is 0 Å². The lowest BCUT2D eigenvalue weighted by Gasteiger charge is -2.12. The Morgan fingerprint density at radius 1 is 1.54 bits per heavy atom. The first-order valence-electron chi connectivity index (χ1n) is 4.43. The predicted octanol–water partition coefficient (Wildman–Crippen LogP) is 2.03. The normalized spacial score (nSPS) is 12.5. The lowest BCUT2D eigenvalue weighted by molar-refractivity contribution is 0.898. The highest BCUT2D eigenvalue weighted by Gasteiger charge is 2.01. The number of thioether (sulfide) groups is 1. The molecular formula is C9H15N3S. The van der Waals surface area contributed by atoms with Crippen molar-refractivity contribution in [1.82, 2.24) is 9.97 Å². The van der Waals surface area contributed by atoms with E-state index in [1.165, 1.54) is 0 Å².